The van der Waals surface area contributed by atoms with E-state index in [-0.39, 0.29) is 6.10 Å². The second-order valence-electron chi connectivity index (χ2n) is 5.38. The first-order chi connectivity index (χ1) is 6.69. The third kappa shape index (κ3) is 1.11. The molecular weight excluding hydrogens is 178 g/mol. The van der Waals surface area contributed by atoms with Crippen molar-refractivity contribution in [2.75, 3.05) is 13.1 Å². The van der Waals surface area contributed by atoms with E-state index in [0.29, 0.717) is 17.2 Å². The molecule has 0 atom stereocenters. The number of rotatable bonds is 1. The summed E-state index contributed by atoms with van der Waals surface area (Å²) < 4.78 is 0. The minimum atomic E-state index is -0.0871. The number of hydrogen-bond acceptors (Lipinski definition) is 2. The molecule has 0 unspecified atom stereocenters. The molecule has 1 heterocycles. The Balaban J connectivity index is 1.51. The molecule has 1 N–H and O–H groups in total. The van der Waals surface area contributed by atoms with Crippen molar-refractivity contribution in [3.05, 3.63) is 0 Å². The van der Waals surface area contributed by atoms with Crippen LogP contribution in [0.4, 0.5) is 0 Å². The molecule has 1 amide bonds. The summed E-state index contributed by atoms with van der Waals surface area (Å²) in [6.07, 6.45) is 5.18. The van der Waals surface area contributed by atoms with Gasteiger partial charge in [0.1, 0.15) is 0 Å². The first kappa shape index (κ1) is 8.72. The lowest BCUT2D eigenvalue weighted by atomic mass is 9.61. The van der Waals surface area contributed by atoms with Crippen LogP contribution in [0.1, 0.15) is 32.1 Å². The normalized spacial score (nSPS) is 30.8. The Kier molecular flexibility index (Phi) is 1.69. The van der Waals surface area contributed by atoms with Crippen molar-refractivity contribution < 1.29 is 9.90 Å². The minimum absolute atomic E-state index is 0.0871. The third-order valence-electron chi connectivity index (χ3n) is 4.16. The number of amides is 1. The zero-order valence-corrected chi connectivity index (χ0v) is 8.41. The van der Waals surface area contributed by atoms with E-state index in [1.807, 2.05) is 4.90 Å². The fourth-order valence-corrected chi connectivity index (χ4v) is 3.03. The molecule has 1 saturated heterocycles. The topological polar surface area (TPSA) is 40.5 Å². The number of likely N-dealkylation sites (tertiary alicyclic amines) is 1. The van der Waals surface area contributed by atoms with Gasteiger partial charge in [-0.05, 0) is 25.7 Å². The molecule has 0 aromatic carbocycles. The molecule has 78 valence electrons. The van der Waals surface area contributed by atoms with Crippen molar-refractivity contribution in [3.8, 4) is 0 Å². The molecule has 0 aromatic rings. The highest BCUT2D eigenvalue weighted by molar-refractivity contribution is 5.80. The maximum absolute atomic E-state index is 11.8. The van der Waals surface area contributed by atoms with Crippen LogP contribution in [0, 0.1) is 11.3 Å². The highest BCUT2D eigenvalue weighted by atomic mass is 16.3. The lowest BCUT2D eigenvalue weighted by Gasteiger charge is -2.58. The van der Waals surface area contributed by atoms with Gasteiger partial charge in [-0.25, -0.2) is 0 Å². The molecule has 0 bridgehead atoms. The van der Waals surface area contributed by atoms with Crippen LogP contribution in [0.5, 0.6) is 0 Å². The van der Waals surface area contributed by atoms with Crippen molar-refractivity contribution in [3.63, 3.8) is 0 Å². The number of aliphatic hydroxyl groups is 1. The second kappa shape index (κ2) is 2.72. The van der Waals surface area contributed by atoms with E-state index in [1.54, 1.807) is 0 Å². The monoisotopic (exact) mass is 195 g/mol. The van der Waals surface area contributed by atoms with Crippen LogP contribution in [-0.2, 0) is 4.79 Å². The predicted octanol–water partition coefficient (Wildman–Crippen LogP) is 0.770. The van der Waals surface area contributed by atoms with Gasteiger partial charge in [0.15, 0.2) is 0 Å². The summed E-state index contributed by atoms with van der Waals surface area (Å²) in [5, 5.41) is 9.24. The van der Waals surface area contributed by atoms with E-state index in [2.05, 4.69) is 0 Å². The van der Waals surface area contributed by atoms with Crippen LogP contribution in [-0.4, -0.2) is 35.1 Å². The van der Waals surface area contributed by atoms with Crippen LogP contribution in [0.2, 0.25) is 0 Å². The Morgan fingerprint density at radius 2 is 1.93 bits per heavy atom. The fourth-order valence-electron chi connectivity index (χ4n) is 3.03. The molecule has 14 heavy (non-hydrogen) atoms. The van der Waals surface area contributed by atoms with Gasteiger partial charge in [0.2, 0.25) is 5.91 Å². The Bertz CT molecular complexity index is 258. The van der Waals surface area contributed by atoms with Crippen molar-refractivity contribution in [1.82, 2.24) is 4.90 Å². The molecule has 3 rings (SSSR count). The smallest absolute Gasteiger partial charge is 0.225 e. The summed E-state index contributed by atoms with van der Waals surface area (Å²) in [5.74, 6) is 0.723. The maximum Gasteiger partial charge on any atom is 0.225 e. The lowest BCUT2D eigenvalue weighted by molar-refractivity contribution is -0.169. The quantitative estimate of drug-likeness (QED) is 0.671. The second-order valence-corrected chi connectivity index (χ2v) is 5.38. The van der Waals surface area contributed by atoms with Gasteiger partial charge in [-0.15, -0.1) is 0 Å². The van der Waals surface area contributed by atoms with Gasteiger partial charge in [0.25, 0.3) is 0 Å². The number of carbonyl (C=O) groups excluding carboxylic acids is 1. The first-order valence-corrected chi connectivity index (χ1v) is 5.65. The summed E-state index contributed by atoms with van der Waals surface area (Å²) in [5.41, 5.74) is 0.332. The standard InChI is InChI=1S/C11H17NO2/c13-9-4-11(5-9)6-12(7-11)10(14)8-2-1-3-8/h8-9,13H,1-7H2. The number of nitrogens with zero attached hydrogens (tertiary/aromatic N) is 1. The molecule has 3 nitrogen and oxygen atoms in total. The van der Waals surface area contributed by atoms with Crippen molar-refractivity contribution in [2.24, 2.45) is 11.3 Å². The van der Waals surface area contributed by atoms with Gasteiger partial charge in [-0.3, -0.25) is 4.79 Å². The average molecular weight is 195 g/mol. The zero-order valence-electron chi connectivity index (χ0n) is 8.41. The number of aliphatic hydroxyl groups excluding tert-OH is 1. The molecule has 3 fully saturated rings. The van der Waals surface area contributed by atoms with Crippen molar-refractivity contribution >= 4 is 5.91 Å². The molecule has 0 radical (unpaired) electrons. The first-order valence-electron chi connectivity index (χ1n) is 5.65. The zero-order chi connectivity index (χ0) is 9.76. The van der Waals surface area contributed by atoms with Crippen LogP contribution in [0.3, 0.4) is 0 Å². The highest BCUT2D eigenvalue weighted by Gasteiger charge is 2.53. The predicted molar refractivity (Wildman–Crippen MR) is 51.6 cm³/mol. The third-order valence-corrected chi connectivity index (χ3v) is 4.16. The highest BCUT2D eigenvalue weighted by Crippen LogP contribution is 2.49. The summed E-state index contributed by atoms with van der Waals surface area (Å²) in [4.78, 5) is 13.8. The largest absolute Gasteiger partial charge is 0.393 e. The molecule has 2 aliphatic carbocycles. The van der Waals surface area contributed by atoms with E-state index in [0.717, 1.165) is 38.8 Å². The van der Waals surface area contributed by atoms with Gasteiger partial charge < -0.3 is 10.0 Å². The van der Waals surface area contributed by atoms with Crippen LogP contribution < -0.4 is 0 Å². The maximum atomic E-state index is 11.8. The van der Waals surface area contributed by atoms with E-state index >= 15 is 0 Å². The average Bonchev–Trinajstić information content (AvgIpc) is 1.89. The van der Waals surface area contributed by atoms with E-state index < -0.39 is 0 Å². The van der Waals surface area contributed by atoms with Crippen molar-refractivity contribution in [1.29, 1.82) is 0 Å². The molecule has 3 heteroatoms. The Labute approximate surface area is 84.1 Å². The van der Waals surface area contributed by atoms with Gasteiger partial charge in [0.05, 0.1) is 6.10 Å². The van der Waals surface area contributed by atoms with Crippen molar-refractivity contribution in [2.45, 2.75) is 38.2 Å². The SMILES string of the molecule is O=C(C1CCC1)N1CC2(CC(O)C2)C1. The molecule has 0 aromatic heterocycles. The van der Waals surface area contributed by atoms with Gasteiger partial charge in [-0.1, -0.05) is 6.42 Å². The van der Waals surface area contributed by atoms with E-state index in [1.165, 1.54) is 6.42 Å². The molecule has 1 spiro atoms. The molecular formula is C11H17NO2. The van der Waals surface area contributed by atoms with Gasteiger partial charge >= 0.3 is 0 Å². The Hall–Kier alpha value is -0.570. The minimum Gasteiger partial charge on any atom is -0.393 e. The summed E-state index contributed by atoms with van der Waals surface area (Å²) in [6.45, 7) is 1.83. The molecule has 1 aliphatic heterocycles. The fraction of sp³-hybridized carbons (Fsp3) is 0.909. The summed E-state index contributed by atoms with van der Waals surface area (Å²) in [6, 6.07) is 0. The Morgan fingerprint density at radius 3 is 2.36 bits per heavy atom. The lowest BCUT2D eigenvalue weighted by Crippen LogP contribution is -2.66. The Morgan fingerprint density at radius 1 is 1.29 bits per heavy atom. The number of carbonyl (C=O) groups is 1. The van der Waals surface area contributed by atoms with Gasteiger partial charge in [0, 0.05) is 24.4 Å². The van der Waals surface area contributed by atoms with Crippen LogP contribution >= 0.6 is 0 Å². The van der Waals surface area contributed by atoms with E-state index in [9.17, 15) is 9.90 Å². The van der Waals surface area contributed by atoms with Crippen LogP contribution in [0.15, 0.2) is 0 Å². The summed E-state index contributed by atoms with van der Waals surface area (Å²) >= 11 is 0. The summed E-state index contributed by atoms with van der Waals surface area (Å²) in [7, 11) is 0. The molecule has 3 aliphatic rings. The number of hydrogen-bond donors (Lipinski definition) is 1. The van der Waals surface area contributed by atoms with E-state index in [4.69, 9.17) is 0 Å². The van der Waals surface area contributed by atoms with Gasteiger partial charge in [-0.2, -0.15) is 0 Å². The van der Waals surface area contributed by atoms with Crippen LogP contribution in [0.25, 0.3) is 0 Å². The molecule has 2 saturated carbocycles.